The molecule has 4 rings (SSSR count). The van der Waals surface area contributed by atoms with E-state index in [0.29, 0.717) is 5.56 Å². The molecule has 1 saturated heterocycles. The molecule has 170 valence electrons. The number of carbonyl (C=O) groups is 2. The van der Waals surface area contributed by atoms with Crippen LogP contribution in [0.2, 0.25) is 0 Å². The van der Waals surface area contributed by atoms with Gasteiger partial charge in [0.25, 0.3) is 5.91 Å². The van der Waals surface area contributed by atoms with Gasteiger partial charge in [-0.1, -0.05) is 29.8 Å². The highest BCUT2D eigenvalue weighted by Gasteiger charge is 2.14. The predicted molar refractivity (Wildman–Crippen MR) is 137 cm³/mol. The number of piperidine rings is 1. The standard InChI is InChI=1S/C27H29N3O2S/c1-20-9-11-21(12-10-20)28-26(31)19-33-25-8-4-3-7-24(25)27(32)29-22-13-15-23(16-14-22)30-17-5-2-6-18-30/h3-4,7-16H,2,5-6,17-19H2,1H3,(H,28,31)(H,29,32). The highest BCUT2D eigenvalue weighted by atomic mass is 32.2. The van der Waals surface area contributed by atoms with Gasteiger partial charge in [0.2, 0.25) is 5.91 Å². The second-order valence-corrected chi connectivity index (χ2v) is 9.26. The van der Waals surface area contributed by atoms with Gasteiger partial charge in [-0.2, -0.15) is 0 Å². The molecule has 0 aromatic heterocycles. The van der Waals surface area contributed by atoms with Crippen molar-refractivity contribution in [2.24, 2.45) is 0 Å². The molecule has 0 spiro atoms. The highest BCUT2D eigenvalue weighted by Crippen LogP contribution is 2.25. The zero-order valence-electron chi connectivity index (χ0n) is 18.8. The molecule has 2 amide bonds. The summed E-state index contributed by atoms with van der Waals surface area (Å²) in [7, 11) is 0. The third kappa shape index (κ3) is 6.39. The molecule has 1 aliphatic heterocycles. The molecule has 3 aromatic carbocycles. The molecule has 1 aliphatic rings. The molecule has 0 atom stereocenters. The predicted octanol–water partition coefficient (Wildman–Crippen LogP) is 5.97. The van der Waals surface area contributed by atoms with Gasteiger partial charge in [0, 0.05) is 35.0 Å². The van der Waals surface area contributed by atoms with E-state index in [9.17, 15) is 9.59 Å². The second-order valence-electron chi connectivity index (χ2n) is 8.25. The summed E-state index contributed by atoms with van der Waals surface area (Å²) < 4.78 is 0. The summed E-state index contributed by atoms with van der Waals surface area (Å²) in [6, 6.07) is 23.1. The molecule has 0 aliphatic carbocycles. The summed E-state index contributed by atoms with van der Waals surface area (Å²) in [5.74, 6) is -0.0574. The van der Waals surface area contributed by atoms with Crippen molar-refractivity contribution < 1.29 is 9.59 Å². The minimum Gasteiger partial charge on any atom is -0.372 e. The molecule has 0 radical (unpaired) electrons. The summed E-state index contributed by atoms with van der Waals surface area (Å²) in [5, 5.41) is 5.89. The maximum Gasteiger partial charge on any atom is 0.256 e. The van der Waals surface area contributed by atoms with Crippen molar-refractivity contribution in [2.75, 3.05) is 34.4 Å². The first-order valence-corrected chi connectivity index (χ1v) is 12.3. The zero-order chi connectivity index (χ0) is 23.0. The molecule has 3 aromatic rings. The summed E-state index contributed by atoms with van der Waals surface area (Å²) in [6.45, 7) is 4.19. The van der Waals surface area contributed by atoms with Crippen LogP contribution in [-0.4, -0.2) is 30.7 Å². The van der Waals surface area contributed by atoms with Gasteiger partial charge < -0.3 is 15.5 Å². The van der Waals surface area contributed by atoms with Gasteiger partial charge in [0.15, 0.2) is 0 Å². The lowest BCUT2D eigenvalue weighted by Crippen LogP contribution is -2.29. The molecule has 33 heavy (non-hydrogen) atoms. The van der Waals surface area contributed by atoms with Gasteiger partial charge in [0.1, 0.15) is 0 Å². The number of benzene rings is 3. The van der Waals surface area contributed by atoms with E-state index in [-0.39, 0.29) is 17.6 Å². The highest BCUT2D eigenvalue weighted by molar-refractivity contribution is 8.00. The van der Waals surface area contributed by atoms with E-state index >= 15 is 0 Å². The Morgan fingerprint density at radius 3 is 2.18 bits per heavy atom. The molecular formula is C27H29N3O2S. The molecule has 2 N–H and O–H groups in total. The number of hydrogen-bond donors (Lipinski definition) is 2. The maximum absolute atomic E-state index is 13.0. The van der Waals surface area contributed by atoms with E-state index in [1.807, 2.05) is 61.5 Å². The molecule has 5 nitrogen and oxygen atoms in total. The Morgan fingerprint density at radius 1 is 0.818 bits per heavy atom. The number of aryl methyl sites for hydroxylation is 1. The van der Waals surface area contributed by atoms with Crippen LogP contribution in [0.25, 0.3) is 0 Å². The summed E-state index contributed by atoms with van der Waals surface area (Å²) in [6.07, 6.45) is 3.77. The van der Waals surface area contributed by atoms with Crippen LogP contribution < -0.4 is 15.5 Å². The first kappa shape index (κ1) is 22.9. The van der Waals surface area contributed by atoms with Gasteiger partial charge in [0.05, 0.1) is 11.3 Å². The van der Waals surface area contributed by atoms with E-state index in [1.165, 1.54) is 36.7 Å². The topological polar surface area (TPSA) is 61.4 Å². The van der Waals surface area contributed by atoms with Crippen molar-refractivity contribution in [3.8, 4) is 0 Å². The third-order valence-electron chi connectivity index (χ3n) is 5.67. The van der Waals surface area contributed by atoms with Crippen LogP contribution in [0.5, 0.6) is 0 Å². The average Bonchev–Trinajstić information content (AvgIpc) is 2.85. The maximum atomic E-state index is 13.0. The van der Waals surface area contributed by atoms with E-state index in [2.05, 4.69) is 27.7 Å². The molecule has 0 unspecified atom stereocenters. The van der Waals surface area contributed by atoms with E-state index < -0.39 is 0 Å². The van der Waals surface area contributed by atoms with E-state index in [1.54, 1.807) is 6.07 Å². The normalized spacial score (nSPS) is 13.4. The first-order chi connectivity index (χ1) is 16.1. The van der Waals surface area contributed by atoms with Crippen molar-refractivity contribution in [1.29, 1.82) is 0 Å². The van der Waals surface area contributed by atoms with Crippen LogP contribution in [0.15, 0.2) is 77.7 Å². The Balaban J connectivity index is 1.35. The molecule has 0 saturated carbocycles. The SMILES string of the molecule is Cc1ccc(NC(=O)CSc2ccccc2C(=O)Nc2ccc(N3CCCCC3)cc2)cc1. The van der Waals surface area contributed by atoms with Gasteiger partial charge in [-0.25, -0.2) is 0 Å². The molecule has 1 fully saturated rings. The number of carbonyl (C=O) groups excluding carboxylic acids is 2. The fourth-order valence-corrected chi connectivity index (χ4v) is 4.71. The minimum absolute atomic E-state index is 0.104. The molecule has 0 bridgehead atoms. The minimum atomic E-state index is -0.178. The van der Waals surface area contributed by atoms with Gasteiger partial charge in [-0.3, -0.25) is 9.59 Å². The van der Waals surface area contributed by atoms with Gasteiger partial charge >= 0.3 is 0 Å². The fourth-order valence-electron chi connectivity index (χ4n) is 3.86. The Hall–Kier alpha value is -3.25. The average molecular weight is 460 g/mol. The van der Waals surface area contributed by atoms with Crippen LogP contribution in [0.4, 0.5) is 17.1 Å². The van der Waals surface area contributed by atoms with Crippen LogP contribution in [0.1, 0.15) is 35.2 Å². The van der Waals surface area contributed by atoms with Crippen LogP contribution >= 0.6 is 11.8 Å². The second kappa shape index (κ2) is 11.1. The van der Waals surface area contributed by atoms with Crippen molar-refractivity contribution in [3.63, 3.8) is 0 Å². The molecular weight excluding hydrogens is 430 g/mol. The van der Waals surface area contributed by atoms with Crippen molar-refractivity contribution >= 4 is 40.6 Å². The molecule has 6 heteroatoms. The number of anilines is 3. The largest absolute Gasteiger partial charge is 0.372 e. The Morgan fingerprint density at radius 2 is 1.45 bits per heavy atom. The lowest BCUT2D eigenvalue weighted by atomic mass is 10.1. The Bertz CT molecular complexity index is 1090. The monoisotopic (exact) mass is 459 g/mol. The van der Waals surface area contributed by atoms with Crippen LogP contribution in [0, 0.1) is 6.92 Å². The molecule has 1 heterocycles. The third-order valence-corrected chi connectivity index (χ3v) is 6.75. The summed E-state index contributed by atoms with van der Waals surface area (Å²) in [4.78, 5) is 28.5. The number of hydrogen-bond acceptors (Lipinski definition) is 4. The van der Waals surface area contributed by atoms with Gasteiger partial charge in [-0.15, -0.1) is 11.8 Å². The summed E-state index contributed by atoms with van der Waals surface area (Å²) in [5.41, 5.74) is 4.43. The number of nitrogens with one attached hydrogen (secondary N) is 2. The number of rotatable bonds is 7. The van der Waals surface area contributed by atoms with Gasteiger partial charge in [-0.05, 0) is 74.7 Å². The van der Waals surface area contributed by atoms with E-state index in [4.69, 9.17) is 0 Å². The smallest absolute Gasteiger partial charge is 0.256 e. The number of thioether (sulfide) groups is 1. The lowest BCUT2D eigenvalue weighted by molar-refractivity contribution is -0.113. The fraction of sp³-hybridized carbons (Fsp3) is 0.259. The first-order valence-electron chi connectivity index (χ1n) is 11.3. The summed E-state index contributed by atoms with van der Waals surface area (Å²) >= 11 is 1.36. The Kier molecular flexibility index (Phi) is 7.68. The lowest BCUT2D eigenvalue weighted by Gasteiger charge is -2.28. The Labute approximate surface area is 199 Å². The van der Waals surface area contributed by atoms with Crippen molar-refractivity contribution in [2.45, 2.75) is 31.1 Å². The van der Waals surface area contributed by atoms with Crippen molar-refractivity contribution in [3.05, 3.63) is 83.9 Å². The number of amides is 2. The van der Waals surface area contributed by atoms with Crippen LogP contribution in [0.3, 0.4) is 0 Å². The quantitative estimate of drug-likeness (QED) is 0.428. The van der Waals surface area contributed by atoms with Crippen molar-refractivity contribution in [1.82, 2.24) is 0 Å². The van der Waals surface area contributed by atoms with E-state index in [0.717, 1.165) is 34.9 Å². The zero-order valence-corrected chi connectivity index (χ0v) is 19.7. The number of nitrogens with zero attached hydrogens (tertiary/aromatic N) is 1. The van der Waals surface area contributed by atoms with Crippen LogP contribution in [-0.2, 0) is 4.79 Å².